The molecule has 0 bridgehead atoms. The van der Waals surface area contributed by atoms with E-state index in [0.717, 1.165) is 13.0 Å². The lowest BCUT2D eigenvalue weighted by atomic mass is 10.1. The van der Waals surface area contributed by atoms with E-state index in [9.17, 15) is 10.1 Å². The molecule has 19 heavy (non-hydrogen) atoms. The maximum absolute atomic E-state index is 11.1. The fourth-order valence-corrected chi connectivity index (χ4v) is 2.63. The minimum Gasteiger partial charge on any atom is -0.363 e. The van der Waals surface area contributed by atoms with Gasteiger partial charge in [-0.3, -0.25) is 10.1 Å². The zero-order valence-electron chi connectivity index (χ0n) is 10.7. The largest absolute Gasteiger partial charge is 0.363 e. The Morgan fingerprint density at radius 2 is 2.37 bits per heavy atom. The molecule has 2 unspecified atom stereocenters. The van der Waals surface area contributed by atoms with Crippen molar-refractivity contribution in [2.75, 3.05) is 18.0 Å². The standard InChI is InChI=1S/C13H16N4O2/c1-9-4-11(7-15)8-16(9)12-3-2-10(6-14)5-13(12)17(18)19/h2-3,5,9,11H,4,7-8,15H2,1H3. The molecule has 0 spiro atoms. The molecule has 1 aromatic carbocycles. The molecule has 1 aliphatic heterocycles. The van der Waals surface area contributed by atoms with Crippen molar-refractivity contribution < 1.29 is 4.92 Å². The Labute approximate surface area is 111 Å². The number of benzene rings is 1. The van der Waals surface area contributed by atoms with Crippen molar-refractivity contribution >= 4 is 11.4 Å². The van der Waals surface area contributed by atoms with Gasteiger partial charge < -0.3 is 10.6 Å². The first-order valence-corrected chi connectivity index (χ1v) is 6.22. The number of nitro groups is 1. The van der Waals surface area contributed by atoms with Gasteiger partial charge in [-0.25, -0.2) is 0 Å². The molecule has 1 aliphatic rings. The van der Waals surface area contributed by atoms with E-state index in [1.165, 1.54) is 6.07 Å². The molecule has 0 aliphatic carbocycles. The molecule has 6 nitrogen and oxygen atoms in total. The molecule has 2 atom stereocenters. The van der Waals surface area contributed by atoms with Crippen molar-refractivity contribution in [2.24, 2.45) is 11.7 Å². The van der Waals surface area contributed by atoms with E-state index in [2.05, 4.69) is 0 Å². The van der Waals surface area contributed by atoms with Gasteiger partial charge in [0.25, 0.3) is 5.69 Å². The van der Waals surface area contributed by atoms with E-state index < -0.39 is 4.92 Å². The van der Waals surface area contributed by atoms with Crippen LogP contribution in [0.15, 0.2) is 18.2 Å². The van der Waals surface area contributed by atoms with Crippen molar-refractivity contribution in [1.29, 1.82) is 5.26 Å². The van der Waals surface area contributed by atoms with Crippen LogP contribution in [0.2, 0.25) is 0 Å². The van der Waals surface area contributed by atoms with Crippen LogP contribution in [-0.2, 0) is 0 Å². The van der Waals surface area contributed by atoms with Gasteiger partial charge >= 0.3 is 0 Å². The van der Waals surface area contributed by atoms with Crippen molar-refractivity contribution in [3.05, 3.63) is 33.9 Å². The molecule has 1 saturated heterocycles. The summed E-state index contributed by atoms with van der Waals surface area (Å²) < 4.78 is 0. The summed E-state index contributed by atoms with van der Waals surface area (Å²) in [6.07, 6.45) is 0.938. The number of nitriles is 1. The number of rotatable bonds is 3. The van der Waals surface area contributed by atoms with E-state index in [-0.39, 0.29) is 11.7 Å². The summed E-state index contributed by atoms with van der Waals surface area (Å²) in [4.78, 5) is 12.7. The van der Waals surface area contributed by atoms with Crippen LogP contribution in [0.1, 0.15) is 18.9 Å². The third kappa shape index (κ3) is 2.51. The zero-order valence-corrected chi connectivity index (χ0v) is 10.7. The van der Waals surface area contributed by atoms with E-state index in [0.29, 0.717) is 23.7 Å². The van der Waals surface area contributed by atoms with Crippen LogP contribution in [0, 0.1) is 27.4 Å². The van der Waals surface area contributed by atoms with Crippen LogP contribution in [0.3, 0.4) is 0 Å². The smallest absolute Gasteiger partial charge is 0.293 e. The monoisotopic (exact) mass is 260 g/mol. The molecule has 2 N–H and O–H groups in total. The normalized spacial score (nSPS) is 22.3. The molecule has 100 valence electrons. The second-order valence-corrected chi connectivity index (χ2v) is 4.91. The molecule has 0 amide bonds. The van der Waals surface area contributed by atoms with Gasteiger partial charge in [0.2, 0.25) is 0 Å². The highest BCUT2D eigenvalue weighted by atomic mass is 16.6. The Morgan fingerprint density at radius 1 is 1.63 bits per heavy atom. The molecular weight excluding hydrogens is 244 g/mol. The summed E-state index contributed by atoms with van der Waals surface area (Å²) in [6.45, 7) is 3.35. The fraction of sp³-hybridized carbons (Fsp3) is 0.462. The quantitative estimate of drug-likeness (QED) is 0.658. The lowest BCUT2D eigenvalue weighted by molar-refractivity contribution is -0.384. The highest BCUT2D eigenvalue weighted by Crippen LogP contribution is 2.35. The second-order valence-electron chi connectivity index (χ2n) is 4.91. The van der Waals surface area contributed by atoms with Gasteiger partial charge in [0.15, 0.2) is 0 Å². The molecule has 1 fully saturated rings. The number of hydrogen-bond donors (Lipinski definition) is 1. The van der Waals surface area contributed by atoms with E-state index in [4.69, 9.17) is 11.0 Å². The highest BCUT2D eigenvalue weighted by molar-refractivity contribution is 5.66. The summed E-state index contributed by atoms with van der Waals surface area (Å²) in [7, 11) is 0. The van der Waals surface area contributed by atoms with Crippen molar-refractivity contribution in [1.82, 2.24) is 0 Å². The Hall–Kier alpha value is -2.13. The van der Waals surface area contributed by atoms with Gasteiger partial charge in [0, 0.05) is 18.7 Å². The molecule has 1 aromatic rings. The van der Waals surface area contributed by atoms with Crippen LogP contribution < -0.4 is 10.6 Å². The van der Waals surface area contributed by atoms with Gasteiger partial charge in [-0.2, -0.15) is 5.26 Å². The zero-order chi connectivity index (χ0) is 14.0. The Kier molecular flexibility index (Phi) is 3.67. The third-order valence-electron chi connectivity index (χ3n) is 3.61. The van der Waals surface area contributed by atoms with Crippen molar-refractivity contribution in [3.63, 3.8) is 0 Å². The lowest BCUT2D eigenvalue weighted by Crippen LogP contribution is -2.28. The summed E-state index contributed by atoms with van der Waals surface area (Å²) in [5.41, 5.74) is 6.55. The van der Waals surface area contributed by atoms with Gasteiger partial charge in [-0.15, -0.1) is 0 Å². The number of anilines is 1. The maximum Gasteiger partial charge on any atom is 0.293 e. The summed E-state index contributed by atoms with van der Waals surface area (Å²) in [6, 6.07) is 6.76. The highest BCUT2D eigenvalue weighted by Gasteiger charge is 2.32. The maximum atomic E-state index is 11.1. The second kappa shape index (κ2) is 5.24. The molecular formula is C13H16N4O2. The Bertz CT molecular complexity index is 538. The number of hydrogen-bond acceptors (Lipinski definition) is 5. The average Bonchev–Trinajstić information content (AvgIpc) is 2.79. The van der Waals surface area contributed by atoms with Gasteiger partial charge in [-0.05, 0) is 37.9 Å². The van der Waals surface area contributed by atoms with Crippen LogP contribution in [0.5, 0.6) is 0 Å². The number of nitro benzene ring substituents is 1. The van der Waals surface area contributed by atoms with E-state index in [1.54, 1.807) is 12.1 Å². The molecule has 6 heteroatoms. The van der Waals surface area contributed by atoms with Crippen LogP contribution in [0.25, 0.3) is 0 Å². The van der Waals surface area contributed by atoms with Gasteiger partial charge in [0.1, 0.15) is 5.69 Å². The molecule has 1 heterocycles. The minimum atomic E-state index is -0.432. The molecule has 0 aromatic heterocycles. The summed E-state index contributed by atoms with van der Waals surface area (Å²) in [5, 5.41) is 20.0. The Morgan fingerprint density at radius 3 is 2.89 bits per heavy atom. The minimum absolute atomic E-state index is 0.0106. The number of nitrogens with two attached hydrogens (primary N) is 1. The Balaban J connectivity index is 2.40. The first-order valence-electron chi connectivity index (χ1n) is 6.22. The van der Waals surface area contributed by atoms with Crippen molar-refractivity contribution in [2.45, 2.75) is 19.4 Å². The van der Waals surface area contributed by atoms with E-state index in [1.807, 2.05) is 17.9 Å². The van der Waals surface area contributed by atoms with Crippen LogP contribution in [0.4, 0.5) is 11.4 Å². The fourth-order valence-electron chi connectivity index (χ4n) is 2.63. The predicted octanol–water partition coefficient (Wildman–Crippen LogP) is 1.64. The first-order chi connectivity index (χ1) is 9.06. The molecule has 0 saturated carbocycles. The number of nitrogens with zero attached hydrogens (tertiary/aromatic N) is 3. The van der Waals surface area contributed by atoms with Gasteiger partial charge in [0.05, 0.1) is 16.6 Å². The molecule has 2 rings (SSSR count). The predicted molar refractivity (Wildman–Crippen MR) is 71.8 cm³/mol. The van der Waals surface area contributed by atoms with Crippen LogP contribution >= 0.6 is 0 Å². The third-order valence-corrected chi connectivity index (χ3v) is 3.61. The SMILES string of the molecule is CC1CC(CN)CN1c1ccc(C#N)cc1[N+](=O)[O-]. The van der Waals surface area contributed by atoms with Crippen molar-refractivity contribution in [3.8, 4) is 6.07 Å². The van der Waals surface area contributed by atoms with Crippen LogP contribution in [-0.4, -0.2) is 24.1 Å². The topological polar surface area (TPSA) is 96.2 Å². The summed E-state index contributed by atoms with van der Waals surface area (Å²) in [5.74, 6) is 0.366. The average molecular weight is 260 g/mol. The van der Waals surface area contributed by atoms with Gasteiger partial charge in [-0.1, -0.05) is 0 Å². The first kappa shape index (κ1) is 13.3. The lowest BCUT2D eigenvalue weighted by Gasteiger charge is -2.23. The summed E-state index contributed by atoms with van der Waals surface area (Å²) >= 11 is 0. The molecule has 0 radical (unpaired) electrons. The van der Waals surface area contributed by atoms with E-state index >= 15 is 0 Å².